The minimum atomic E-state index is 0. The van der Waals surface area contributed by atoms with Crippen molar-refractivity contribution in [3.63, 3.8) is 0 Å². The standard InChI is InChI=1S/C21H25NO.ClH/c1-22(2)15-18-13-12-16-8-4-6-10-19(16)20(18)14-17-9-5-7-11-21(17)23-3;/h4-11,14,18H,12-13,15H2,1-3H3;1H/b20-14+;. The molecule has 0 bridgehead atoms. The largest absolute Gasteiger partial charge is 0.496 e. The molecule has 0 spiro atoms. The topological polar surface area (TPSA) is 12.5 Å². The Kier molecular flexibility index (Phi) is 6.47. The molecular formula is C21H26ClNO. The van der Waals surface area contributed by atoms with Gasteiger partial charge in [-0.3, -0.25) is 0 Å². The van der Waals surface area contributed by atoms with E-state index in [1.165, 1.54) is 23.1 Å². The third-order valence-electron chi connectivity index (χ3n) is 4.57. The minimum Gasteiger partial charge on any atom is -0.496 e. The molecule has 0 heterocycles. The van der Waals surface area contributed by atoms with Crippen LogP contribution in [0.1, 0.15) is 23.1 Å². The van der Waals surface area contributed by atoms with Crippen molar-refractivity contribution in [3.8, 4) is 5.75 Å². The van der Waals surface area contributed by atoms with E-state index in [4.69, 9.17) is 4.74 Å². The van der Waals surface area contributed by atoms with Gasteiger partial charge >= 0.3 is 0 Å². The van der Waals surface area contributed by atoms with Crippen LogP contribution < -0.4 is 4.74 Å². The van der Waals surface area contributed by atoms with Gasteiger partial charge in [-0.15, -0.1) is 12.4 Å². The maximum Gasteiger partial charge on any atom is 0.126 e. The molecule has 0 aliphatic heterocycles. The normalized spacial score (nSPS) is 18.2. The van der Waals surface area contributed by atoms with Gasteiger partial charge in [0, 0.05) is 12.1 Å². The predicted octanol–water partition coefficient (Wildman–Crippen LogP) is 4.78. The molecule has 0 N–H and O–H groups in total. The molecule has 0 fully saturated rings. The second-order valence-electron chi connectivity index (χ2n) is 6.50. The number of para-hydroxylation sites is 1. The van der Waals surface area contributed by atoms with Gasteiger partial charge in [0.25, 0.3) is 0 Å². The molecule has 2 aromatic carbocycles. The lowest BCUT2D eigenvalue weighted by atomic mass is 9.78. The summed E-state index contributed by atoms with van der Waals surface area (Å²) in [7, 11) is 6.05. The molecule has 128 valence electrons. The molecule has 1 aliphatic carbocycles. The molecule has 0 aromatic heterocycles. The highest BCUT2D eigenvalue weighted by Crippen LogP contribution is 2.38. The Labute approximate surface area is 151 Å². The Balaban J connectivity index is 0.00000208. The van der Waals surface area contributed by atoms with Crippen LogP contribution in [0.25, 0.3) is 11.6 Å². The van der Waals surface area contributed by atoms with E-state index < -0.39 is 0 Å². The molecule has 0 saturated carbocycles. The van der Waals surface area contributed by atoms with Gasteiger partial charge in [-0.2, -0.15) is 0 Å². The van der Waals surface area contributed by atoms with Crippen LogP contribution >= 0.6 is 12.4 Å². The van der Waals surface area contributed by atoms with E-state index in [0.717, 1.165) is 24.3 Å². The highest BCUT2D eigenvalue weighted by atomic mass is 35.5. The number of hydrogen-bond donors (Lipinski definition) is 0. The second kappa shape index (κ2) is 8.36. The number of rotatable bonds is 4. The third kappa shape index (κ3) is 4.00. The number of nitrogens with zero attached hydrogens (tertiary/aromatic N) is 1. The summed E-state index contributed by atoms with van der Waals surface area (Å²) in [5, 5.41) is 0. The Morgan fingerprint density at radius 1 is 1.08 bits per heavy atom. The third-order valence-corrected chi connectivity index (χ3v) is 4.57. The van der Waals surface area contributed by atoms with Gasteiger partial charge in [0.05, 0.1) is 7.11 Å². The summed E-state index contributed by atoms with van der Waals surface area (Å²) in [6.07, 6.45) is 4.69. The maximum absolute atomic E-state index is 5.54. The lowest BCUT2D eigenvalue weighted by Crippen LogP contribution is -2.25. The van der Waals surface area contributed by atoms with Crippen LogP contribution in [-0.2, 0) is 6.42 Å². The van der Waals surface area contributed by atoms with Crippen LogP contribution in [0.4, 0.5) is 0 Å². The van der Waals surface area contributed by atoms with Gasteiger partial charge < -0.3 is 9.64 Å². The van der Waals surface area contributed by atoms with Crippen molar-refractivity contribution in [2.75, 3.05) is 27.7 Å². The van der Waals surface area contributed by atoms with Crippen molar-refractivity contribution < 1.29 is 4.74 Å². The Hall–Kier alpha value is -1.77. The van der Waals surface area contributed by atoms with E-state index in [1.807, 2.05) is 12.1 Å². The van der Waals surface area contributed by atoms with E-state index >= 15 is 0 Å². The molecule has 1 atom stereocenters. The number of fused-ring (bicyclic) bond motifs is 1. The summed E-state index contributed by atoms with van der Waals surface area (Å²) in [4.78, 5) is 2.29. The molecule has 2 aromatic rings. The van der Waals surface area contributed by atoms with Crippen molar-refractivity contribution in [2.24, 2.45) is 5.92 Å². The average Bonchev–Trinajstić information content (AvgIpc) is 2.57. The molecule has 3 rings (SSSR count). The minimum absolute atomic E-state index is 0. The molecule has 2 nitrogen and oxygen atoms in total. The lowest BCUT2D eigenvalue weighted by molar-refractivity contribution is 0.351. The maximum atomic E-state index is 5.54. The van der Waals surface area contributed by atoms with Crippen molar-refractivity contribution in [3.05, 3.63) is 65.2 Å². The summed E-state index contributed by atoms with van der Waals surface area (Å²) in [5.41, 5.74) is 5.45. The van der Waals surface area contributed by atoms with E-state index in [1.54, 1.807) is 7.11 Å². The van der Waals surface area contributed by atoms with Gasteiger partial charge in [-0.05, 0) is 61.7 Å². The van der Waals surface area contributed by atoms with Gasteiger partial charge in [0.15, 0.2) is 0 Å². The molecule has 0 radical (unpaired) electrons. The van der Waals surface area contributed by atoms with Gasteiger partial charge in [0.1, 0.15) is 5.75 Å². The molecule has 0 saturated heterocycles. The van der Waals surface area contributed by atoms with E-state index in [2.05, 4.69) is 61.5 Å². The summed E-state index contributed by atoms with van der Waals surface area (Å²) >= 11 is 0. The fraction of sp³-hybridized carbons (Fsp3) is 0.333. The summed E-state index contributed by atoms with van der Waals surface area (Å²) < 4.78 is 5.54. The summed E-state index contributed by atoms with van der Waals surface area (Å²) in [5.74, 6) is 1.50. The van der Waals surface area contributed by atoms with E-state index in [0.29, 0.717) is 5.92 Å². The average molecular weight is 344 g/mol. The smallest absolute Gasteiger partial charge is 0.126 e. The molecular weight excluding hydrogens is 318 g/mol. The van der Waals surface area contributed by atoms with Crippen molar-refractivity contribution in [2.45, 2.75) is 12.8 Å². The zero-order chi connectivity index (χ0) is 16.2. The fourth-order valence-corrected chi connectivity index (χ4v) is 3.50. The van der Waals surface area contributed by atoms with Crippen LogP contribution in [0.5, 0.6) is 5.75 Å². The van der Waals surface area contributed by atoms with Crippen LogP contribution in [0.15, 0.2) is 48.5 Å². The summed E-state index contributed by atoms with van der Waals surface area (Å²) in [6.45, 7) is 1.08. The van der Waals surface area contributed by atoms with Gasteiger partial charge in [0.2, 0.25) is 0 Å². The Bertz CT molecular complexity index is 708. The molecule has 24 heavy (non-hydrogen) atoms. The first-order chi connectivity index (χ1) is 11.2. The van der Waals surface area contributed by atoms with E-state index in [-0.39, 0.29) is 12.4 Å². The first kappa shape index (κ1) is 18.6. The number of halogens is 1. The number of methoxy groups -OCH3 is 1. The Morgan fingerprint density at radius 2 is 1.79 bits per heavy atom. The van der Waals surface area contributed by atoms with Gasteiger partial charge in [-0.25, -0.2) is 0 Å². The zero-order valence-electron chi connectivity index (χ0n) is 14.7. The van der Waals surface area contributed by atoms with Crippen molar-refractivity contribution >= 4 is 24.1 Å². The zero-order valence-corrected chi connectivity index (χ0v) is 15.5. The SMILES string of the molecule is COc1ccccc1/C=C1/c2ccccc2CCC1CN(C)C.Cl. The second-order valence-corrected chi connectivity index (χ2v) is 6.50. The molecule has 0 amide bonds. The van der Waals surface area contributed by atoms with Crippen LogP contribution in [0.3, 0.4) is 0 Å². The first-order valence-electron chi connectivity index (χ1n) is 8.26. The van der Waals surface area contributed by atoms with Crippen LogP contribution in [-0.4, -0.2) is 32.6 Å². The van der Waals surface area contributed by atoms with Crippen LogP contribution in [0.2, 0.25) is 0 Å². The highest BCUT2D eigenvalue weighted by molar-refractivity contribution is 5.86. The molecule has 1 aliphatic rings. The van der Waals surface area contributed by atoms with Crippen molar-refractivity contribution in [1.82, 2.24) is 4.90 Å². The summed E-state index contributed by atoms with van der Waals surface area (Å²) in [6, 6.07) is 17.1. The van der Waals surface area contributed by atoms with Crippen molar-refractivity contribution in [1.29, 1.82) is 0 Å². The quantitative estimate of drug-likeness (QED) is 0.792. The molecule has 3 heteroatoms. The number of ether oxygens (including phenoxy) is 1. The first-order valence-corrected chi connectivity index (χ1v) is 8.26. The van der Waals surface area contributed by atoms with Gasteiger partial charge in [-0.1, -0.05) is 42.5 Å². The Morgan fingerprint density at radius 3 is 2.54 bits per heavy atom. The number of aryl methyl sites for hydroxylation is 1. The van der Waals surface area contributed by atoms with Crippen LogP contribution in [0, 0.1) is 5.92 Å². The number of benzene rings is 2. The fourth-order valence-electron chi connectivity index (χ4n) is 3.50. The van der Waals surface area contributed by atoms with E-state index in [9.17, 15) is 0 Å². The predicted molar refractivity (Wildman–Crippen MR) is 105 cm³/mol. The lowest BCUT2D eigenvalue weighted by Gasteiger charge is -2.30. The molecule has 1 unspecified atom stereocenters. The monoisotopic (exact) mass is 343 g/mol. The number of hydrogen-bond acceptors (Lipinski definition) is 2. The highest BCUT2D eigenvalue weighted by Gasteiger charge is 2.24.